The van der Waals surface area contributed by atoms with E-state index in [1.165, 1.54) is 0 Å². The molecule has 0 fully saturated rings. The van der Waals surface area contributed by atoms with E-state index in [4.69, 9.17) is 10.8 Å². The first kappa shape index (κ1) is 10.8. The lowest BCUT2D eigenvalue weighted by Gasteiger charge is -2.25. The number of nitrogens with zero attached hydrogens (tertiary/aromatic N) is 1. The van der Waals surface area contributed by atoms with Crippen molar-refractivity contribution in [2.45, 2.75) is 25.8 Å². The zero-order chi connectivity index (χ0) is 10.6. The molecule has 0 saturated heterocycles. The Morgan fingerprint density at radius 1 is 1.50 bits per heavy atom. The molecule has 1 aromatic heterocycles. The molecular formula is C10H17N3O. The molecule has 4 N–H and O–H groups in total. The number of rotatable bonds is 4. The minimum absolute atomic E-state index is 0.155. The molecular weight excluding hydrogens is 178 g/mol. The summed E-state index contributed by atoms with van der Waals surface area (Å²) in [6.07, 6.45) is 2.29. The Hall–Kier alpha value is -1.29. The number of aliphatic hydroxyl groups excluding tert-OH is 1. The lowest BCUT2D eigenvalue weighted by molar-refractivity contribution is 0.260. The molecule has 0 aromatic carbocycles. The zero-order valence-electron chi connectivity index (χ0n) is 8.62. The summed E-state index contributed by atoms with van der Waals surface area (Å²) in [6.45, 7) is 4.19. The molecule has 78 valence electrons. The minimum atomic E-state index is -0.155. The van der Waals surface area contributed by atoms with E-state index in [9.17, 15) is 0 Å². The molecule has 4 nitrogen and oxygen atoms in total. The molecule has 0 amide bonds. The van der Waals surface area contributed by atoms with Crippen LogP contribution in [-0.2, 0) is 0 Å². The van der Waals surface area contributed by atoms with Gasteiger partial charge in [-0.3, -0.25) is 0 Å². The lowest BCUT2D eigenvalue weighted by Crippen LogP contribution is -2.32. The van der Waals surface area contributed by atoms with E-state index in [1.54, 1.807) is 12.3 Å². The Morgan fingerprint density at radius 3 is 2.71 bits per heavy atom. The number of hydrogen-bond acceptors (Lipinski definition) is 4. The van der Waals surface area contributed by atoms with Crippen LogP contribution in [0.4, 0.5) is 11.5 Å². The largest absolute Gasteiger partial charge is 0.397 e. The average molecular weight is 195 g/mol. The van der Waals surface area contributed by atoms with Crippen LogP contribution >= 0.6 is 0 Å². The predicted molar refractivity (Wildman–Crippen MR) is 58.1 cm³/mol. The number of aliphatic hydroxyl groups is 1. The van der Waals surface area contributed by atoms with E-state index in [0.717, 1.165) is 5.82 Å². The van der Waals surface area contributed by atoms with Gasteiger partial charge < -0.3 is 16.2 Å². The SMILES string of the molecule is CC(C)(CCO)Nc1ccc(N)cn1. The summed E-state index contributed by atoms with van der Waals surface area (Å²) in [4.78, 5) is 4.13. The molecule has 0 unspecified atom stereocenters. The molecule has 0 spiro atoms. The van der Waals surface area contributed by atoms with Crippen molar-refractivity contribution in [1.29, 1.82) is 0 Å². The first-order valence-corrected chi connectivity index (χ1v) is 4.64. The molecule has 4 heteroatoms. The summed E-state index contributed by atoms with van der Waals surface area (Å²) in [5.74, 6) is 0.776. The maximum absolute atomic E-state index is 8.84. The highest BCUT2D eigenvalue weighted by Gasteiger charge is 2.16. The van der Waals surface area contributed by atoms with Gasteiger partial charge in [-0.05, 0) is 32.4 Å². The molecule has 0 saturated carbocycles. The fraction of sp³-hybridized carbons (Fsp3) is 0.500. The Bertz CT molecular complexity index is 282. The fourth-order valence-corrected chi connectivity index (χ4v) is 1.17. The molecule has 0 aliphatic heterocycles. The standard InChI is InChI=1S/C10H17N3O/c1-10(2,5-6-14)13-9-4-3-8(11)7-12-9/h3-4,7,14H,5-6,11H2,1-2H3,(H,12,13). The highest BCUT2D eigenvalue weighted by Crippen LogP contribution is 2.16. The Kier molecular flexibility index (Phi) is 3.30. The minimum Gasteiger partial charge on any atom is -0.397 e. The Morgan fingerprint density at radius 2 is 2.21 bits per heavy atom. The van der Waals surface area contributed by atoms with Crippen LogP contribution in [0.15, 0.2) is 18.3 Å². The summed E-state index contributed by atoms with van der Waals surface area (Å²) >= 11 is 0. The van der Waals surface area contributed by atoms with Crippen LogP contribution in [0.3, 0.4) is 0 Å². The van der Waals surface area contributed by atoms with Gasteiger partial charge in [-0.25, -0.2) is 4.98 Å². The Balaban J connectivity index is 2.64. The number of aromatic nitrogens is 1. The summed E-state index contributed by atoms with van der Waals surface area (Å²) in [6, 6.07) is 3.62. The quantitative estimate of drug-likeness (QED) is 0.676. The number of nitrogens with one attached hydrogen (secondary N) is 1. The van der Waals surface area contributed by atoms with Crippen LogP contribution in [0.5, 0.6) is 0 Å². The van der Waals surface area contributed by atoms with E-state index in [2.05, 4.69) is 10.3 Å². The fourth-order valence-electron chi connectivity index (χ4n) is 1.17. The molecule has 0 aliphatic carbocycles. The number of hydrogen-bond donors (Lipinski definition) is 3. The van der Waals surface area contributed by atoms with Gasteiger partial charge in [0.15, 0.2) is 0 Å². The van der Waals surface area contributed by atoms with Gasteiger partial charge in [-0.1, -0.05) is 0 Å². The molecule has 1 heterocycles. The molecule has 0 radical (unpaired) electrons. The summed E-state index contributed by atoms with van der Waals surface area (Å²) < 4.78 is 0. The van der Waals surface area contributed by atoms with Crippen molar-refractivity contribution in [3.8, 4) is 0 Å². The van der Waals surface area contributed by atoms with Crippen molar-refractivity contribution >= 4 is 11.5 Å². The maximum Gasteiger partial charge on any atom is 0.126 e. The van der Waals surface area contributed by atoms with Crippen LogP contribution in [-0.4, -0.2) is 22.2 Å². The first-order valence-electron chi connectivity index (χ1n) is 4.64. The second-order valence-corrected chi connectivity index (χ2v) is 3.96. The lowest BCUT2D eigenvalue weighted by atomic mass is 10.0. The van der Waals surface area contributed by atoms with Crippen molar-refractivity contribution in [3.63, 3.8) is 0 Å². The highest BCUT2D eigenvalue weighted by molar-refractivity contribution is 5.44. The van der Waals surface area contributed by atoms with Crippen LogP contribution in [0.2, 0.25) is 0 Å². The van der Waals surface area contributed by atoms with Crippen molar-refractivity contribution in [3.05, 3.63) is 18.3 Å². The molecule has 1 rings (SSSR count). The number of nitrogen functional groups attached to an aromatic ring is 1. The summed E-state index contributed by atoms with van der Waals surface area (Å²) in [5, 5.41) is 12.1. The van der Waals surface area contributed by atoms with Crippen LogP contribution < -0.4 is 11.1 Å². The Labute approximate surface area is 84.2 Å². The van der Waals surface area contributed by atoms with Gasteiger partial charge >= 0.3 is 0 Å². The monoisotopic (exact) mass is 195 g/mol. The summed E-state index contributed by atoms with van der Waals surface area (Å²) in [7, 11) is 0. The van der Waals surface area contributed by atoms with Gasteiger partial charge in [0, 0.05) is 12.1 Å². The third kappa shape index (κ3) is 3.22. The maximum atomic E-state index is 8.84. The first-order chi connectivity index (χ1) is 6.53. The van der Waals surface area contributed by atoms with Gasteiger partial charge in [-0.2, -0.15) is 0 Å². The van der Waals surface area contributed by atoms with Crippen molar-refractivity contribution in [2.24, 2.45) is 0 Å². The van der Waals surface area contributed by atoms with E-state index in [-0.39, 0.29) is 12.1 Å². The second kappa shape index (κ2) is 4.28. The normalized spacial score (nSPS) is 11.4. The number of anilines is 2. The van der Waals surface area contributed by atoms with E-state index >= 15 is 0 Å². The van der Waals surface area contributed by atoms with E-state index in [1.807, 2.05) is 19.9 Å². The van der Waals surface area contributed by atoms with Crippen molar-refractivity contribution in [1.82, 2.24) is 4.98 Å². The van der Waals surface area contributed by atoms with Crippen LogP contribution in [0, 0.1) is 0 Å². The highest BCUT2D eigenvalue weighted by atomic mass is 16.3. The van der Waals surface area contributed by atoms with Crippen LogP contribution in [0.1, 0.15) is 20.3 Å². The van der Waals surface area contributed by atoms with Gasteiger partial charge in [0.05, 0.1) is 11.9 Å². The molecule has 0 bridgehead atoms. The molecule has 0 aliphatic rings. The third-order valence-electron chi connectivity index (χ3n) is 1.99. The van der Waals surface area contributed by atoms with Crippen LogP contribution in [0.25, 0.3) is 0 Å². The molecule has 0 atom stereocenters. The number of nitrogens with two attached hydrogens (primary N) is 1. The second-order valence-electron chi connectivity index (χ2n) is 3.96. The topological polar surface area (TPSA) is 71.2 Å². The molecule has 1 aromatic rings. The van der Waals surface area contributed by atoms with Gasteiger partial charge in [0.25, 0.3) is 0 Å². The number of pyridine rings is 1. The summed E-state index contributed by atoms with van der Waals surface area (Å²) in [5.41, 5.74) is 6.01. The van der Waals surface area contributed by atoms with Crippen molar-refractivity contribution < 1.29 is 5.11 Å². The van der Waals surface area contributed by atoms with E-state index in [0.29, 0.717) is 12.1 Å². The van der Waals surface area contributed by atoms with Gasteiger partial charge in [0.1, 0.15) is 5.82 Å². The molecule has 14 heavy (non-hydrogen) atoms. The van der Waals surface area contributed by atoms with Gasteiger partial charge in [-0.15, -0.1) is 0 Å². The zero-order valence-corrected chi connectivity index (χ0v) is 8.62. The predicted octanol–water partition coefficient (Wildman–Crippen LogP) is 1.24. The van der Waals surface area contributed by atoms with Crippen molar-refractivity contribution in [2.75, 3.05) is 17.7 Å². The third-order valence-corrected chi connectivity index (χ3v) is 1.99. The average Bonchev–Trinajstić information content (AvgIpc) is 2.08. The smallest absolute Gasteiger partial charge is 0.126 e. The van der Waals surface area contributed by atoms with Gasteiger partial charge in [0.2, 0.25) is 0 Å². The van der Waals surface area contributed by atoms with E-state index < -0.39 is 0 Å².